The van der Waals surface area contributed by atoms with Crippen LogP contribution in [0.25, 0.3) is 0 Å². The summed E-state index contributed by atoms with van der Waals surface area (Å²) < 4.78 is 37.5. The number of halogens is 3. The fourth-order valence-corrected chi connectivity index (χ4v) is 1.13. The Morgan fingerprint density at radius 1 is 1.41 bits per heavy atom. The SMILES string of the molecule is O=[N+]([O-])c1ccc(C(F)(F)F)c(C#CCO)c1. The second-order valence-corrected chi connectivity index (χ2v) is 2.94. The van der Waals surface area contributed by atoms with Gasteiger partial charge in [0.2, 0.25) is 0 Å². The Hall–Kier alpha value is -2.07. The molecule has 0 atom stereocenters. The summed E-state index contributed by atoms with van der Waals surface area (Å²) in [5.74, 6) is 4.07. The molecule has 0 amide bonds. The average molecular weight is 245 g/mol. The predicted octanol–water partition coefficient (Wildman–Crippen LogP) is 1.96. The van der Waals surface area contributed by atoms with Crippen molar-refractivity contribution in [1.82, 2.24) is 0 Å². The minimum Gasteiger partial charge on any atom is -0.384 e. The molecule has 90 valence electrons. The van der Waals surface area contributed by atoms with Crippen molar-refractivity contribution in [3.05, 3.63) is 39.4 Å². The Morgan fingerprint density at radius 2 is 2.06 bits per heavy atom. The number of aliphatic hydroxyl groups excluding tert-OH is 1. The highest BCUT2D eigenvalue weighted by Crippen LogP contribution is 2.33. The number of hydrogen-bond donors (Lipinski definition) is 1. The first-order chi connectivity index (χ1) is 7.86. The highest BCUT2D eigenvalue weighted by Gasteiger charge is 2.33. The minimum absolute atomic E-state index is 0.486. The summed E-state index contributed by atoms with van der Waals surface area (Å²) in [6, 6.07) is 2.08. The first-order valence-electron chi connectivity index (χ1n) is 4.31. The van der Waals surface area contributed by atoms with Gasteiger partial charge < -0.3 is 5.11 Å². The van der Waals surface area contributed by atoms with Crippen molar-refractivity contribution in [3.63, 3.8) is 0 Å². The molecule has 1 N–H and O–H groups in total. The van der Waals surface area contributed by atoms with Gasteiger partial charge >= 0.3 is 6.18 Å². The largest absolute Gasteiger partial charge is 0.417 e. The smallest absolute Gasteiger partial charge is 0.384 e. The molecular formula is C10H6F3NO3. The van der Waals surface area contributed by atoms with Crippen molar-refractivity contribution >= 4 is 5.69 Å². The third-order valence-electron chi connectivity index (χ3n) is 1.82. The van der Waals surface area contributed by atoms with E-state index < -0.39 is 34.5 Å². The standard InChI is InChI=1S/C10H6F3NO3/c11-10(12,13)9-4-3-8(14(16)17)6-7(9)2-1-5-15/h3-4,6,15H,5H2. The molecule has 0 aromatic heterocycles. The summed E-state index contributed by atoms with van der Waals surface area (Å²) in [7, 11) is 0. The van der Waals surface area contributed by atoms with Gasteiger partial charge in [-0.2, -0.15) is 13.2 Å². The van der Waals surface area contributed by atoms with E-state index in [1.165, 1.54) is 0 Å². The van der Waals surface area contributed by atoms with Crippen molar-refractivity contribution in [2.75, 3.05) is 6.61 Å². The van der Waals surface area contributed by atoms with Gasteiger partial charge in [-0.25, -0.2) is 0 Å². The van der Waals surface area contributed by atoms with Crippen LogP contribution >= 0.6 is 0 Å². The van der Waals surface area contributed by atoms with Crippen LogP contribution in [0.2, 0.25) is 0 Å². The van der Waals surface area contributed by atoms with Crippen molar-refractivity contribution in [2.24, 2.45) is 0 Å². The lowest BCUT2D eigenvalue weighted by Gasteiger charge is -2.08. The van der Waals surface area contributed by atoms with Crippen LogP contribution in [0.5, 0.6) is 0 Å². The Labute approximate surface area is 93.8 Å². The summed E-state index contributed by atoms with van der Waals surface area (Å²) >= 11 is 0. The second-order valence-electron chi connectivity index (χ2n) is 2.94. The van der Waals surface area contributed by atoms with Gasteiger partial charge in [0.05, 0.1) is 10.5 Å². The van der Waals surface area contributed by atoms with Crippen LogP contribution < -0.4 is 0 Å². The van der Waals surface area contributed by atoms with Gasteiger partial charge in [0.1, 0.15) is 6.61 Å². The predicted molar refractivity (Wildman–Crippen MR) is 52.1 cm³/mol. The van der Waals surface area contributed by atoms with E-state index in [1.54, 1.807) is 0 Å². The number of nitro groups is 1. The first-order valence-corrected chi connectivity index (χ1v) is 4.31. The van der Waals surface area contributed by atoms with Gasteiger partial charge in [-0.05, 0) is 6.07 Å². The van der Waals surface area contributed by atoms with Gasteiger partial charge in [0.15, 0.2) is 0 Å². The van der Waals surface area contributed by atoms with Gasteiger partial charge in [-0.3, -0.25) is 10.1 Å². The van der Waals surface area contributed by atoms with Crippen LogP contribution in [-0.4, -0.2) is 16.6 Å². The summed E-state index contributed by atoms with van der Waals surface area (Å²) in [6.45, 7) is -0.625. The zero-order valence-corrected chi connectivity index (χ0v) is 8.28. The van der Waals surface area contributed by atoms with Gasteiger partial charge in [0.25, 0.3) is 5.69 Å². The van der Waals surface area contributed by atoms with E-state index in [4.69, 9.17) is 5.11 Å². The molecule has 0 saturated heterocycles. The third kappa shape index (κ3) is 3.19. The fraction of sp³-hybridized carbons (Fsp3) is 0.200. The molecule has 0 saturated carbocycles. The van der Waals surface area contributed by atoms with Crippen molar-refractivity contribution in [3.8, 4) is 11.8 Å². The highest BCUT2D eigenvalue weighted by atomic mass is 19.4. The lowest BCUT2D eigenvalue weighted by atomic mass is 10.1. The van der Waals surface area contributed by atoms with Gasteiger partial charge in [-0.1, -0.05) is 11.8 Å². The minimum atomic E-state index is -4.64. The Kier molecular flexibility index (Phi) is 3.70. The summed E-state index contributed by atoms with van der Waals surface area (Å²) in [5.41, 5.74) is -2.08. The Morgan fingerprint density at radius 3 is 2.53 bits per heavy atom. The highest BCUT2D eigenvalue weighted by molar-refractivity contribution is 5.49. The maximum Gasteiger partial charge on any atom is 0.417 e. The molecule has 4 nitrogen and oxygen atoms in total. The van der Waals surface area contributed by atoms with E-state index in [2.05, 4.69) is 0 Å². The number of non-ortho nitro benzene ring substituents is 1. The number of benzene rings is 1. The molecular weight excluding hydrogens is 239 g/mol. The lowest BCUT2D eigenvalue weighted by Crippen LogP contribution is -2.08. The topological polar surface area (TPSA) is 63.4 Å². The molecule has 0 bridgehead atoms. The molecule has 17 heavy (non-hydrogen) atoms. The Bertz CT molecular complexity index is 500. The van der Waals surface area contributed by atoms with E-state index in [0.717, 1.165) is 12.1 Å². The molecule has 1 aromatic rings. The molecule has 0 fully saturated rings. The zero-order chi connectivity index (χ0) is 13.1. The normalized spacial score (nSPS) is 10.6. The Balaban J connectivity index is 3.37. The monoisotopic (exact) mass is 245 g/mol. The van der Waals surface area contributed by atoms with Crippen LogP contribution in [0.1, 0.15) is 11.1 Å². The number of alkyl halides is 3. The van der Waals surface area contributed by atoms with E-state index >= 15 is 0 Å². The number of aliphatic hydroxyl groups is 1. The van der Waals surface area contributed by atoms with Crippen LogP contribution in [-0.2, 0) is 6.18 Å². The van der Waals surface area contributed by atoms with E-state index in [9.17, 15) is 23.3 Å². The van der Waals surface area contributed by atoms with Gasteiger partial charge in [-0.15, -0.1) is 0 Å². The van der Waals surface area contributed by atoms with Crippen LogP contribution in [0, 0.1) is 22.0 Å². The molecule has 1 rings (SSSR count). The van der Waals surface area contributed by atoms with Crippen molar-refractivity contribution in [2.45, 2.75) is 6.18 Å². The number of nitro benzene ring substituents is 1. The molecule has 0 unspecified atom stereocenters. The zero-order valence-electron chi connectivity index (χ0n) is 8.28. The first kappa shape index (κ1) is 13.0. The lowest BCUT2D eigenvalue weighted by molar-refractivity contribution is -0.384. The summed E-state index contributed by atoms with van der Waals surface area (Å²) in [6.07, 6.45) is -4.64. The number of hydrogen-bond acceptors (Lipinski definition) is 3. The third-order valence-corrected chi connectivity index (χ3v) is 1.82. The molecule has 0 aliphatic carbocycles. The molecule has 0 aliphatic heterocycles. The summed E-state index contributed by atoms with van der Waals surface area (Å²) in [4.78, 5) is 9.60. The van der Waals surface area contributed by atoms with E-state index in [1.807, 2.05) is 11.8 Å². The van der Waals surface area contributed by atoms with Crippen molar-refractivity contribution < 1.29 is 23.2 Å². The maximum atomic E-state index is 12.5. The van der Waals surface area contributed by atoms with E-state index in [0.29, 0.717) is 6.07 Å². The quantitative estimate of drug-likeness (QED) is 0.467. The molecule has 0 heterocycles. The fourth-order valence-electron chi connectivity index (χ4n) is 1.13. The van der Waals surface area contributed by atoms with E-state index in [-0.39, 0.29) is 0 Å². The van der Waals surface area contributed by atoms with Crippen LogP contribution in [0.4, 0.5) is 18.9 Å². The number of rotatable bonds is 1. The van der Waals surface area contributed by atoms with Crippen LogP contribution in [0.15, 0.2) is 18.2 Å². The molecule has 0 aliphatic rings. The molecule has 0 spiro atoms. The summed E-state index contributed by atoms with van der Waals surface area (Å²) in [5, 5.41) is 18.8. The second kappa shape index (κ2) is 4.84. The number of nitrogens with zero attached hydrogens (tertiary/aromatic N) is 1. The average Bonchev–Trinajstić information content (AvgIpc) is 2.24. The maximum absolute atomic E-state index is 12.5. The molecule has 1 aromatic carbocycles. The molecule has 7 heteroatoms. The van der Waals surface area contributed by atoms with Gasteiger partial charge in [0, 0.05) is 17.7 Å². The van der Waals surface area contributed by atoms with Crippen LogP contribution in [0.3, 0.4) is 0 Å². The van der Waals surface area contributed by atoms with Crippen molar-refractivity contribution in [1.29, 1.82) is 0 Å². The molecule has 0 radical (unpaired) electrons.